The Hall–Kier alpha value is -1.79. The summed E-state index contributed by atoms with van der Waals surface area (Å²) in [5.41, 5.74) is 0.0195. The van der Waals surface area contributed by atoms with E-state index in [9.17, 15) is 19.5 Å². The van der Waals surface area contributed by atoms with Gasteiger partial charge in [0, 0.05) is 26.1 Å². The molecule has 0 saturated carbocycles. The summed E-state index contributed by atoms with van der Waals surface area (Å²) in [6, 6.07) is -0.937. The summed E-state index contributed by atoms with van der Waals surface area (Å²) in [6.45, 7) is 12.1. The third kappa shape index (κ3) is 9.63. The van der Waals surface area contributed by atoms with Crippen LogP contribution in [0.1, 0.15) is 66.7 Å². The van der Waals surface area contributed by atoms with Gasteiger partial charge in [-0.3, -0.25) is 4.79 Å². The Morgan fingerprint density at radius 3 is 2.44 bits per heavy atom. The number of carbonyl (C=O) groups excluding carboxylic acids is 2. The van der Waals surface area contributed by atoms with Gasteiger partial charge in [0.15, 0.2) is 0 Å². The molecule has 27 heavy (non-hydrogen) atoms. The van der Waals surface area contributed by atoms with Crippen LogP contribution in [-0.4, -0.2) is 53.6 Å². The van der Waals surface area contributed by atoms with E-state index in [-0.39, 0.29) is 29.7 Å². The average Bonchev–Trinajstić information content (AvgIpc) is 2.55. The van der Waals surface area contributed by atoms with Crippen molar-refractivity contribution in [2.45, 2.75) is 72.8 Å². The molecule has 1 saturated heterocycles. The Labute approximate surface area is 163 Å². The number of amides is 3. The highest BCUT2D eigenvalue weighted by molar-refractivity contribution is 5.83. The van der Waals surface area contributed by atoms with Crippen molar-refractivity contribution in [3.05, 3.63) is 0 Å². The maximum absolute atomic E-state index is 12.3. The van der Waals surface area contributed by atoms with Crippen LogP contribution in [0, 0.1) is 17.3 Å². The molecular weight excluding hydrogens is 346 g/mol. The maximum atomic E-state index is 12.3. The molecule has 1 aliphatic rings. The van der Waals surface area contributed by atoms with Crippen LogP contribution in [0.25, 0.3) is 0 Å². The normalized spacial score (nSPS) is 18.9. The molecule has 2 atom stereocenters. The number of carboxylic acid groups (broad SMARTS) is 1. The third-order valence-electron chi connectivity index (χ3n) is 4.76. The summed E-state index contributed by atoms with van der Waals surface area (Å²) < 4.78 is 0. The van der Waals surface area contributed by atoms with Crippen LogP contribution in [0.2, 0.25) is 0 Å². The van der Waals surface area contributed by atoms with Gasteiger partial charge in [-0.2, -0.15) is 0 Å². The summed E-state index contributed by atoms with van der Waals surface area (Å²) >= 11 is 0. The van der Waals surface area contributed by atoms with Gasteiger partial charge >= 0.3 is 12.0 Å². The summed E-state index contributed by atoms with van der Waals surface area (Å²) in [6.07, 6.45) is 3.13. The quantitative estimate of drug-likeness (QED) is 0.600. The second-order valence-corrected chi connectivity index (χ2v) is 9.30. The topological polar surface area (TPSA) is 98.7 Å². The van der Waals surface area contributed by atoms with Gasteiger partial charge in [0.2, 0.25) is 5.91 Å². The summed E-state index contributed by atoms with van der Waals surface area (Å²) in [5, 5.41) is 14.9. The van der Waals surface area contributed by atoms with Crippen molar-refractivity contribution < 1.29 is 19.5 Å². The van der Waals surface area contributed by atoms with Crippen molar-refractivity contribution in [1.29, 1.82) is 0 Å². The zero-order valence-electron chi connectivity index (χ0n) is 17.5. The zero-order valence-corrected chi connectivity index (χ0v) is 17.5. The van der Waals surface area contributed by atoms with Crippen LogP contribution >= 0.6 is 0 Å². The van der Waals surface area contributed by atoms with E-state index in [1.54, 1.807) is 4.90 Å². The van der Waals surface area contributed by atoms with Crippen molar-refractivity contribution in [3.63, 3.8) is 0 Å². The highest BCUT2D eigenvalue weighted by Gasteiger charge is 2.28. The van der Waals surface area contributed by atoms with E-state index in [2.05, 4.69) is 31.4 Å². The molecule has 3 N–H and O–H groups in total. The number of hydrogen-bond acceptors (Lipinski definition) is 3. The molecule has 1 heterocycles. The number of piperidine rings is 1. The van der Waals surface area contributed by atoms with Crippen molar-refractivity contribution >= 4 is 17.9 Å². The van der Waals surface area contributed by atoms with Gasteiger partial charge < -0.3 is 20.6 Å². The van der Waals surface area contributed by atoms with E-state index in [0.717, 1.165) is 19.3 Å². The molecule has 0 radical (unpaired) electrons. The number of aliphatic carboxylic acids is 1. The molecule has 2 unspecified atom stereocenters. The van der Waals surface area contributed by atoms with Crippen LogP contribution in [0.5, 0.6) is 0 Å². The molecule has 1 rings (SSSR count). The van der Waals surface area contributed by atoms with Gasteiger partial charge in [0.1, 0.15) is 6.04 Å². The van der Waals surface area contributed by atoms with E-state index in [1.807, 2.05) is 13.8 Å². The first-order valence-corrected chi connectivity index (χ1v) is 10.0. The number of likely N-dealkylation sites (tertiary alicyclic amines) is 1. The lowest BCUT2D eigenvalue weighted by molar-refractivity contribution is -0.142. The highest BCUT2D eigenvalue weighted by Crippen LogP contribution is 2.22. The smallest absolute Gasteiger partial charge is 0.326 e. The second kappa shape index (κ2) is 10.5. The predicted octanol–water partition coefficient (Wildman–Crippen LogP) is 2.85. The minimum Gasteiger partial charge on any atom is -0.480 e. The van der Waals surface area contributed by atoms with Crippen molar-refractivity contribution in [3.8, 4) is 0 Å². The van der Waals surface area contributed by atoms with Gasteiger partial charge in [-0.1, -0.05) is 34.6 Å². The van der Waals surface area contributed by atoms with Crippen LogP contribution in [0.15, 0.2) is 0 Å². The average molecular weight is 384 g/mol. The molecular formula is C20H37N3O4. The first-order chi connectivity index (χ1) is 12.5. The lowest BCUT2D eigenvalue weighted by atomic mass is 9.88. The largest absolute Gasteiger partial charge is 0.480 e. The van der Waals surface area contributed by atoms with Crippen molar-refractivity contribution in [1.82, 2.24) is 15.5 Å². The minimum absolute atomic E-state index is 0.0195. The lowest BCUT2D eigenvalue weighted by Gasteiger charge is -2.33. The molecule has 0 aliphatic carbocycles. The molecule has 0 aromatic heterocycles. The van der Waals surface area contributed by atoms with Gasteiger partial charge in [-0.25, -0.2) is 9.59 Å². The first kappa shape index (κ1) is 23.2. The number of nitrogens with one attached hydrogen (secondary N) is 2. The summed E-state index contributed by atoms with van der Waals surface area (Å²) in [5.74, 6) is -0.779. The first-order valence-electron chi connectivity index (χ1n) is 10.0. The van der Waals surface area contributed by atoms with Crippen molar-refractivity contribution in [2.24, 2.45) is 17.3 Å². The fraction of sp³-hybridized carbons (Fsp3) is 0.850. The van der Waals surface area contributed by atoms with Crippen LogP contribution in [0.3, 0.4) is 0 Å². The molecule has 0 aromatic rings. The Balaban J connectivity index is 2.49. The Bertz CT molecular complexity index is 514. The molecule has 3 amide bonds. The number of hydrogen-bond donors (Lipinski definition) is 3. The highest BCUT2D eigenvalue weighted by atomic mass is 16.4. The van der Waals surface area contributed by atoms with Crippen LogP contribution < -0.4 is 10.6 Å². The molecule has 0 aromatic carbocycles. The zero-order chi connectivity index (χ0) is 20.6. The lowest BCUT2D eigenvalue weighted by Crippen LogP contribution is -2.48. The monoisotopic (exact) mass is 383 g/mol. The Kier molecular flexibility index (Phi) is 9.06. The number of urea groups is 1. The summed E-state index contributed by atoms with van der Waals surface area (Å²) in [7, 11) is 0. The molecule has 1 fully saturated rings. The van der Waals surface area contributed by atoms with Gasteiger partial charge in [-0.15, -0.1) is 0 Å². The van der Waals surface area contributed by atoms with Crippen molar-refractivity contribution in [2.75, 3.05) is 19.6 Å². The fourth-order valence-corrected chi connectivity index (χ4v) is 3.17. The third-order valence-corrected chi connectivity index (χ3v) is 4.76. The number of nitrogens with zero attached hydrogens (tertiary/aromatic N) is 1. The van der Waals surface area contributed by atoms with E-state index in [4.69, 9.17) is 0 Å². The van der Waals surface area contributed by atoms with E-state index in [1.165, 1.54) is 0 Å². The molecule has 0 bridgehead atoms. The van der Waals surface area contributed by atoms with Gasteiger partial charge in [0.05, 0.1) is 0 Å². The van der Waals surface area contributed by atoms with E-state index >= 15 is 0 Å². The Morgan fingerprint density at radius 2 is 1.89 bits per heavy atom. The number of carboxylic acids is 1. The van der Waals surface area contributed by atoms with Gasteiger partial charge in [-0.05, 0) is 42.9 Å². The van der Waals surface area contributed by atoms with Crippen LogP contribution in [-0.2, 0) is 9.59 Å². The SMILES string of the molecule is CC(C)CNC(=O)N1CCCC(CC(=O)NC(CCC(C)(C)C)C(=O)O)C1. The molecule has 1 aliphatic heterocycles. The van der Waals surface area contributed by atoms with Gasteiger partial charge in [0.25, 0.3) is 0 Å². The standard InChI is InChI=1S/C20H37N3O4/c1-14(2)12-21-19(27)23-10-6-7-15(13-23)11-17(24)22-16(18(25)26)8-9-20(3,4)5/h14-16H,6-13H2,1-5H3,(H,21,27)(H,22,24)(H,25,26). The van der Waals surface area contributed by atoms with Crippen LogP contribution in [0.4, 0.5) is 4.79 Å². The molecule has 7 heteroatoms. The fourth-order valence-electron chi connectivity index (χ4n) is 3.17. The second-order valence-electron chi connectivity index (χ2n) is 9.30. The van der Waals surface area contributed by atoms with E-state index in [0.29, 0.717) is 32.0 Å². The predicted molar refractivity (Wildman–Crippen MR) is 105 cm³/mol. The minimum atomic E-state index is -0.995. The number of rotatable bonds is 8. The molecule has 7 nitrogen and oxygen atoms in total. The molecule has 156 valence electrons. The summed E-state index contributed by atoms with van der Waals surface area (Å²) in [4.78, 5) is 37.8. The Morgan fingerprint density at radius 1 is 1.22 bits per heavy atom. The maximum Gasteiger partial charge on any atom is 0.326 e. The van der Waals surface area contributed by atoms with E-state index < -0.39 is 12.0 Å². The number of carbonyl (C=O) groups is 3. The molecule has 0 spiro atoms.